The van der Waals surface area contributed by atoms with Gasteiger partial charge in [0.05, 0.1) is 12.9 Å². The van der Waals surface area contributed by atoms with Crippen molar-refractivity contribution in [2.45, 2.75) is 39.5 Å². The predicted octanol–water partition coefficient (Wildman–Crippen LogP) is 2.57. The van der Waals surface area contributed by atoms with Crippen molar-refractivity contribution in [3.8, 4) is 0 Å². The highest BCUT2D eigenvalue weighted by Gasteiger charge is 2.01. The monoisotopic (exact) mass is 186 g/mol. The smallest absolute Gasteiger partial charge is 0.303 e. The van der Waals surface area contributed by atoms with Gasteiger partial charge in [-0.15, -0.1) is 0 Å². The molecule has 0 aromatic heterocycles. The Kier molecular flexibility index (Phi) is 7.07. The van der Waals surface area contributed by atoms with Crippen LogP contribution in [0.1, 0.15) is 39.5 Å². The third kappa shape index (κ3) is 7.37. The second kappa shape index (κ2) is 7.65. The first-order valence-corrected chi connectivity index (χ1v) is 4.72. The van der Waals surface area contributed by atoms with E-state index in [1.165, 1.54) is 0 Å². The Bertz CT molecular complexity index is 173. The number of carboxylic acid groups (broad SMARTS) is 1. The Labute approximate surface area is 79.4 Å². The molecular weight excluding hydrogens is 168 g/mol. The molecule has 0 radical (unpaired) electrons. The van der Waals surface area contributed by atoms with Crippen LogP contribution in [-0.2, 0) is 9.53 Å². The molecule has 1 N–H and O–H groups in total. The lowest BCUT2D eigenvalue weighted by Crippen LogP contribution is -1.96. The van der Waals surface area contributed by atoms with Crippen molar-refractivity contribution in [3.63, 3.8) is 0 Å². The second-order valence-electron chi connectivity index (χ2n) is 2.88. The zero-order valence-electron chi connectivity index (χ0n) is 8.38. The molecule has 0 fully saturated rings. The summed E-state index contributed by atoms with van der Waals surface area (Å²) in [6, 6.07) is 0. The number of hydrogen-bond donors (Lipinski definition) is 1. The van der Waals surface area contributed by atoms with Crippen molar-refractivity contribution in [1.82, 2.24) is 0 Å². The van der Waals surface area contributed by atoms with Crippen molar-refractivity contribution in [1.29, 1.82) is 0 Å². The minimum absolute atomic E-state index is 0.193. The standard InChI is InChI=1S/C10H18O3/c1-3-5-9(8-13-4-2)6-7-10(11)12/h8H,3-7H2,1-2H3,(H,11,12). The molecule has 0 saturated heterocycles. The molecule has 0 aliphatic rings. The largest absolute Gasteiger partial charge is 0.502 e. The van der Waals surface area contributed by atoms with Gasteiger partial charge in [-0.25, -0.2) is 0 Å². The van der Waals surface area contributed by atoms with Crippen molar-refractivity contribution in [2.24, 2.45) is 0 Å². The highest BCUT2D eigenvalue weighted by molar-refractivity contribution is 5.67. The molecule has 0 bridgehead atoms. The highest BCUT2D eigenvalue weighted by atomic mass is 16.5. The van der Waals surface area contributed by atoms with Crippen LogP contribution in [0.5, 0.6) is 0 Å². The molecule has 0 amide bonds. The second-order valence-corrected chi connectivity index (χ2v) is 2.88. The van der Waals surface area contributed by atoms with E-state index in [0.717, 1.165) is 18.4 Å². The minimum atomic E-state index is -0.751. The number of rotatable bonds is 7. The molecule has 0 saturated carbocycles. The molecule has 3 nitrogen and oxygen atoms in total. The van der Waals surface area contributed by atoms with Crippen LogP contribution in [0.4, 0.5) is 0 Å². The van der Waals surface area contributed by atoms with Gasteiger partial charge in [0.25, 0.3) is 0 Å². The molecule has 3 heteroatoms. The fourth-order valence-corrected chi connectivity index (χ4v) is 1.03. The summed E-state index contributed by atoms with van der Waals surface area (Å²) >= 11 is 0. The summed E-state index contributed by atoms with van der Waals surface area (Å²) in [5, 5.41) is 8.49. The normalized spacial score (nSPS) is 11.4. The fourth-order valence-electron chi connectivity index (χ4n) is 1.03. The zero-order valence-corrected chi connectivity index (χ0v) is 8.38. The number of hydrogen-bond acceptors (Lipinski definition) is 2. The van der Waals surface area contributed by atoms with E-state index in [1.807, 2.05) is 6.92 Å². The Hall–Kier alpha value is -0.990. The van der Waals surface area contributed by atoms with Crippen LogP contribution in [0, 0.1) is 0 Å². The molecule has 13 heavy (non-hydrogen) atoms. The highest BCUT2D eigenvalue weighted by Crippen LogP contribution is 2.12. The van der Waals surface area contributed by atoms with Gasteiger partial charge in [0.15, 0.2) is 0 Å². The quantitative estimate of drug-likeness (QED) is 0.621. The van der Waals surface area contributed by atoms with Gasteiger partial charge in [0.1, 0.15) is 0 Å². The summed E-state index contributed by atoms with van der Waals surface area (Å²) in [7, 11) is 0. The van der Waals surface area contributed by atoms with Crippen LogP contribution < -0.4 is 0 Å². The van der Waals surface area contributed by atoms with E-state index in [0.29, 0.717) is 13.0 Å². The maximum atomic E-state index is 10.3. The van der Waals surface area contributed by atoms with Crippen LogP contribution in [0.15, 0.2) is 11.8 Å². The van der Waals surface area contributed by atoms with Crippen LogP contribution in [0.3, 0.4) is 0 Å². The first-order valence-electron chi connectivity index (χ1n) is 4.72. The SMILES string of the molecule is CCCC(=COCC)CCC(=O)O. The van der Waals surface area contributed by atoms with E-state index in [2.05, 4.69) is 6.92 Å². The Balaban J connectivity index is 3.85. The average Bonchev–Trinajstić information content (AvgIpc) is 2.09. The summed E-state index contributed by atoms with van der Waals surface area (Å²) < 4.78 is 5.13. The summed E-state index contributed by atoms with van der Waals surface area (Å²) in [5.74, 6) is -0.751. The van der Waals surface area contributed by atoms with Gasteiger partial charge in [-0.05, 0) is 25.3 Å². The number of carboxylic acids is 1. The Morgan fingerprint density at radius 2 is 2.00 bits per heavy atom. The van der Waals surface area contributed by atoms with Gasteiger partial charge in [-0.1, -0.05) is 13.3 Å². The third-order valence-electron chi connectivity index (χ3n) is 1.65. The number of carbonyl (C=O) groups is 1. The molecule has 0 spiro atoms. The lowest BCUT2D eigenvalue weighted by atomic mass is 10.1. The van der Waals surface area contributed by atoms with Gasteiger partial charge in [-0.2, -0.15) is 0 Å². The Morgan fingerprint density at radius 1 is 1.31 bits per heavy atom. The van der Waals surface area contributed by atoms with E-state index in [-0.39, 0.29) is 6.42 Å². The van der Waals surface area contributed by atoms with Crippen molar-refractivity contribution in [2.75, 3.05) is 6.61 Å². The van der Waals surface area contributed by atoms with Crippen molar-refractivity contribution in [3.05, 3.63) is 11.8 Å². The molecule has 0 aromatic rings. The summed E-state index contributed by atoms with van der Waals surface area (Å²) in [5.41, 5.74) is 1.09. The Morgan fingerprint density at radius 3 is 2.46 bits per heavy atom. The molecule has 0 aromatic carbocycles. The molecule has 0 rings (SSSR count). The van der Waals surface area contributed by atoms with Gasteiger partial charge >= 0.3 is 5.97 Å². The van der Waals surface area contributed by atoms with E-state index >= 15 is 0 Å². The molecule has 76 valence electrons. The number of ether oxygens (including phenoxy) is 1. The molecule has 0 unspecified atom stereocenters. The summed E-state index contributed by atoms with van der Waals surface area (Å²) in [6.45, 7) is 4.62. The van der Waals surface area contributed by atoms with Crippen molar-refractivity contribution < 1.29 is 14.6 Å². The lowest BCUT2D eigenvalue weighted by molar-refractivity contribution is -0.136. The first-order chi connectivity index (χ1) is 6.20. The van der Waals surface area contributed by atoms with E-state index in [4.69, 9.17) is 9.84 Å². The molecule has 0 aliphatic carbocycles. The summed E-state index contributed by atoms with van der Waals surface area (Å²) in [4.78, 5) is 10.3. The van der Waals surface area contributed by atoms with Gasteiger partial charge < -0.3 is 9.84 Å². The minimum Gasteiger partial charge on any atom is -0.502 e. The van der Waals surface area contributed by atoms with E-state index in [9.17, 15) is 4.79 Å². The first kappa shape index (κ1) is 12.0. The van der Waals surface area contributed by atoms with Crippen LogP contribution >= 0.6 is 0 Å². The maximum absolute atomic E-state index is 10.3. The van der Waals surface area contributed by atoms with Crippen LogP contribution in [0.25, 0.3) is 0 Å². The lowest BCUT2D eigenvalue weighted by Gasteiger charge is -2.04. The van der Waals surface area contributed by atoms with Crippen molar-refractivity contribution >= 4 is 5.97 Å². The van der Waals surface area contributed by atoms with Crippen LogP contribution in [-0.4, -0.2) is 17.7 Å². The van der Waals surface area contributed by atoms with E-state index in [1.54, 1.807) is 6.26 Å². The van der Waals surface area contributed by atoms with Crippen LogP contribution in [0.2, 0.25) is 0 Å². The van der Waals surface area contributed by atoms with Gasteiger partial charge in [0.2, 0.25) is 0 Å². The van der Waals surface area contributed by atoms with Gasteiger partial charge in [-0.3, -0.25) is 4.79 Å². The van der Waals surface area contributed by atoms with Gasteiger partial charge in [0, 0.05) is 6.42 Å². The topological polar surface area (TPSA) is 46.5 Å². The van der Waals surface area contributed by atoms with E-state index < -0.39 is 5.97 Å². The third-order valence-corrected chi connectivity index (χ3v) is 1.65. The number of allylic oxidation sites excluding steroid dienone is 1. The molecule has 0 heterocycles. The summed E-state index contributed by atoms with van der Waals surface area (Å²) in [6.07, 6.45) is 4.44. The maximum Gasteiger partial charge on any atom is 0.303 e. The number of aliphatic carboxylic acids is 1. The molecular formula is C10H18O3. The average molecular weight is 186 g/mol. The predicted molar refractivity (Wildman–Crippen MR) is 51.5 cm³/mol. The molecule has 0 atom stereocenters. The fraction of sp³-hybridized carbons (Fsp3) is 0.700. The molecule has 0 aliphatic heterocycles. The zero-order chi connectivity index (χ0) is 10.1.